The first kappa shape index (κ1) is 15.0. The first-order valence-electron chi connectivity index (χ1n) is 7.62. The summed E-state index contributed by atoms with van der Waals surface area (Å²) in [6, 6.07) is 18.0. The van der Waals surface area contributed by atoms with Crippen LogP contribution in [0.2, 0.25) is 0 Å². The van der Waals surface area contributed by atoms with Crippen molar-refractivity contribution in [2.45, 2.75) is 0 Å². The normalized spacial score (nSPS) is 11.7. The first-order valence-corrected chi connectivity index (χ1v) is 7.62. The molecule has 6 nitrogen and oxygen atoms in total. The summed E-state index contributed by atoms with van der Waals surface area (Å²) < 4.78 is 5.91. The van der Waals surface area contributed by atoms with E-state index in [0.29, 0.717) is 28.5 Å². The van der Waals surface area contributed by atoms with Crippen LogP contribution < -0.4 is 10.2 Å². The summed E-state index contributed by atoms with van der Waals surface area (Å²) in [5.41, 5.74) is 4.59. The minimum absolute atomic E-state index is 0.320. The van der Waals surface area contributed by atoms with E-state index in [0.717, 1.165) is 11.3 Å². The van der Waals surface area contributed by atoms with Crippen molar-refractivity contribution in [3.63, 3.8) is 0 Å². The molecule has 1 aromatic heterocycles. The molecule has 0 spiro atoms. The Labute approximate surface area is 143 Å². The van der Waals surface area contributed by atoms with E-state index in [2.05, 4.69) is 9.98 Å². The van der Waals surface area contributed by atoms with Gasteiger partial charge in [-0.1, -0.05) is 30.3 Å². The topological polar surface area (TPSA) is 83.8 Å². The number of aliphatic imine (C=N–C) groups is 1. The number of amides is 1. The van der Waals surface area contributed by atoms with Gasteiger partial charge in [0.05, 0.1) is 16.8 Å². The molecule has 1 aliphatic rings. The quantitative estimate of drug-likeness (QED) is 0.433. The van der Waals surface area contributed by atoms with Crippen molar-refractivity contribution in [1.82, 2.24) is 10.5 Å². The van der Waals surface area contributed by atoms with Crippen LogP contribution in [0.1, 0.15) is 15.9 Å². The lowest BCUT2D eigenvalue weighted by atomic mass is 10.0. The first-order chi connectivity index (χ1) is 12.3. The van der Waals surface area contributed by atoms with E-state index in [9.17, 15) is 4.79 Å². The van der Waals surface area contributed by atoms with E-state index < -0.39 is 5.91 Å². The van der Waals surface area contributed by atoms with E-state index in [4.69, 9.17) is 9.94 Å². The third-order valence-electron chi connectivity index (χ3n) is 3.85. The number of carbonyl (C=O) groups excluding carboxylic acids is 1. The number of hydrogen-bond acceptors (Lipinski definition) is 5. The van der Waals surface area contributed by atoms with Crippen molar-refractivity contribution in [1.29, 1.82) is 0 Å². The Bertz CT molecular complexity index is 999. The molecule has 0 bridgehead atoms. The van der Waals surface area contributed by atoms with Gasteiger partial charge in [-0.2, -0.15) is 0 Å². The van der Waals surface area contributed by atoms with Crippen LogP contribution in [-0.2, 0) is 0 Å². The van der Waals surface area contributed by atoms with Gasteiger partial charge in [-0.25, -0.2) is 10.5 Å². The number of carbonyl (C=O) groups is 1. The molecule has 0 saturated carbocycles. The summed E-state index contributed by atoms with van der Waals surface area (Å²) in [6.45, 7) is 0. The monoisotopic (exact) mass is 331 g/mol. The van der Waals surface area contributed by atoms with Crippen molar-refractivity contribution in [3.05, 3.63) is 71.8 Å². The number of benzene rings is 2. The molecule has 0 unspecified atom stereocenters. The molecule has 3 aromatic rings. The smallest absolute Gasteiger partial charge is 0.275 e. The van der Waals surface area contributed by atoms with Gasteiger partial charge >= 0.3 is 0 Å². The van der Waals surface area contributed by atoms with Crippen LogP contribution in [0.3, 0.4) is 0 Å². The van der Waals surface area contributed by atoms with Gasteiger partial charge in [0.2, 0.25) is 5.88 Å². The molecule has 1 aliphatic heterocycles. The lowest BCUT2D eigenvalue weighted by Gasteiger charge is -2.11. The number of para-hydroxylation sites is 2. The number of pyridine rings is 1. The third kappa shape index (κ3) is 2.75. The molecule has 2 aromatic carbocycles. The maximum Gasteiger partial charge on any atom is 0.275 e. The maximum absolute atomic E-state index is 11.9. The predicted molar refractivity (Wildman–Crippen MR) is 92.7 cm³/mol. The Morgan fingerprint density at radius 3 is 2.68 bits per heavy atom. The molecule has 0 fully saturated rings. The molecule has 25 heavy (non-hydrogen) atoms. The third-order valence-corrected chi connectivity index (χ3v) is 3.85. The largest absolute Gasteiger partial charge is 0.436 e. The van der Waals surface area contributed by atoms with Crippen LogP contribution in [0, 0.1) is 0 Å². The van der Waals surface area contributed by atoms with Gasteiger partial charge in [-0.05, 0) is 30.3 Å². The van der Waals surface area contributed by atoms with Crippen LogP contribution in [0.15, 0.2) is 65.7 Å². The molecule has 0 saturated heterocycles. The molecular formula is C19H13N3O3. The summed E-state index contributed by atoms with van der Waals surface area (Å²) in [5, 5.41) is 8.94. The van der Waals surface area contributed by atoms with Crippen LogP contribution in [0.25, 0.3) is 11.3 Å². The Hall–Kier alpha value is -3.51. The molecule has 2 heterocycles. The van der Waals surface area contributed by atoms with Gasteiger partial charge in [0.25, 0.3) is 5.91 Å². The molecule has 0 aliphatic carbocycles. The molecular weight excluding hydrogens is 318 g/mol. The summed E-state index contributed by atoms with van der Waals surface area (Å²) in [7, 11) is 0. The van der Waals surface area contributed by atoms with E-state index in [-0.39, 0.29) is 0 Å². The zero-order valence-corrected chi connectivity index (χ0v) is 13.0. The maximum atomic E-state index is 11.9. The molecule has 4 rings (SSSR count). The van der Waals surface area contributed by atoms with Gasteiger partial charge < -0.3 is 4.74 Å². The SMILES string of the molecule is O=C(NO)c1ccccc1-c1ccc2c(n1)Oc1ccccc1N=C2. The highest BCUT2D eigenvalue weighted by molar-refractivity contribution is 6.00. The van der Waals surface area contributed by atoms with Gasteiger partial charge in [0.1, 0.15) is 5.69 Å². The molecule has 122 valence electrons. The predicted octanol–water partition coefficient (Wildman–Crippen LogP) is 3.72. The van der Waals surface area contributed by atoms with Crippen molar-refractivity contribution < 1.29 is 14.7 Å². The highest BCUT2D eigenvalue weighted by Crippen LogP contribution is 2.35. The minimum Gasteiger partial charge on any atom is -0.436 e. The van der Waals surface area contributed by atoms with Crippen molar-refractivity contribution in [3.8, 4) is 22.9 Å². The second-order valence-electron chi connectivity index (χ2n) is 5.41. The van der Waals surface area contributed by atoms with Crippen LogP contribution in [0.5, 0.6) is 11.6 Å². The number of hydrogen-bond donors (Lipinski definition) is 2. The van der Waals surface area contributed by atoms with E-state index in [1.807, 2.05) is 30.3 Å². The number of nitrogens with zero attached hydrogens (tertiary/aromatic N) is 2. The summed E-state index contributed by atoms with van der Waals surface area (Å²) in [5.74, 6) is 0.425. The minimum atomic E-state index is -0.597. The average Bonchev–Trinajstić information content (AvgIpc) is 2.86. The van der Waals surface area contributed by atoms with Gasteiger partial charge in [-0.15, -0.1) is 0 Å². The fraction of sp³-hybridized carbons (Fsp3) is 0. The number of hydroxylamine groups is 1. The fourth-order valence-corrected chi connectivity index (χ4v) is 2.64. The number of rotatable bonds is 2. The summed E-state index contributed by atoms with van der Waals surface area (Å²) >= 11 is 0. The average molecular weight is 331 g/mol. The van der Waals surface area contributed by atoms with E-state index in [1.54, 1.807) is 42.0 Å². The van der Waals surface area contributed by atoms with Crippen LogP contribution in [-0.4, -0.2) is 22.3 Å². The highest BCUT2D eigenvalue weighted by Gasteiger charge is 2.17. The number of aromatic nitrogens is 1. The van der Waals surface area contributed by atoms with Crippen LogP contribution in [0.4, 0.5) is 5.69 Å². The number of ether oxygens (including phenoxy) is 1. The van der Waals surface area contributed by atoms with Crippen molar-refractivity contribution in [2.75, 3.05) is 0 Å². The lowest BCUT2D eigenvalue weighted by Crippen LogP contribution is -2.19. The molecule has 6 heteroatoms. The molecule has 2 N–H and O–H groups in total. The summed E-state index contributed by atoms with van der Waals surface area (Å²) in [6.07, 6.45) is 1.70. The number of fused-ring (bicyclic) bond motifs is 2. The van der Waals surface area contributed by atoms with Crippen LogP contribution >= 0.6 is 0 Å². The Morgan fingerprint density at radius 1 is 1.00 bits per heavy atom. The molecule has 0 atom stereocenters. The Morgan fingerprint density at radius 2 is 1.80 bits per heavy atom. The second-order valence-corrected chi connectivity index (χ2v) is 5.41. The van der Waals surface area contributed by atoms with Crippen molar-refractivity contribution in [2.24, 2.45) is 4.99 Å². The van der Waals surface area contributed by atoms with E-state index in [1.165, 1.54) is 0 Å². The fourth-order valence-electron chi connectivity index (χ4n) is 2.64. The summed E-state index contributed by atoms with van der Waals surface area (Å²) in [4.78, 5) is 20.8. The zero-order valence-electron chi connectivity index (χ0n) is 13.0. The zero-order chi connectivity index (χ0) is 17.2. The molecule has 1 amide bonds. The Kier molecular flexibility index (Phi) is 3.72. The van der Waals surface area contributed by atoms with Gasteiger partial charge in [0, 0.05) is 11.8 Å². The number of nitrogens with one attached hydrogen (secondary N) is 1. The lowest BCUT2D eigenvalue weighted by molar-refractivity contribution is 0.0707. The van der Waals surface area contributed by atoms with Gasteiger partial charge in [0.15, 0.2) is 5.75 Å². The van der Waals surface area contributed by atoms with E-state index >= 15 is 0 Å². The second kappa shape index (κ2) is 6.18. The van der Waals surface area contributed by atoms with Crippen molar-refractivity contribution >= 4 is 17.8 Å². The van der Waals surface area contributed by atoms with Gasteiger partial charge in [-0.3, -0.25) is 15.0 Å². The highest BCUT2D eigenvalue weighted by atomic mass is 16.5. The Balaban J connectivity index is 1.81. The molecule has 0 radical (unpaired) electrons. The standard InChI is InChI=1S/C19H13N3O3/c23-18(22-24)14-6-2-1-5-13(14)15-10-9-12-11-20-16-7-3-4-8-17(16)25-19(12)21-15/h1-11,24H,(H,22,23).